The summed E-state index contributed by atoms with van der Waals surface area (Å²) in [6.45, 7) is 4.05. The van der Waals surface area contributed by atoms with Gasteiger partial charge in [-0.15, -0.1) is 0 Å². The predicted octanol–water partition coefficient (Wildman–Crippen LogP) is 2.70. The third-order valence-corrected chi connectivity index (χ3v) is 4.01. The Balaban J connectivity index is 1.57. The molecule has 2 aromatic rings. The van der Waals surface area contributed by atoms with Crippen LogP contribution in [-0.2, 0) is 11.2 Å². The number of anilines is 2. The Bertz CT molecular complexity index is 799. The van der Waals surface area contributed by atoms with Crippen LogP contribution < -0.4 is 20.3 Å². The number of nitrogens with zero attached hydrogens (tertiary/aromatic N) is 1. The van der Waals surface area contributed by atoms with E-state index >= 15 is 0 Å². The molecule has 0 saturated heterocycles. The molecule has 1 atom stereocenters. The van der Waals surface area contributed by atoms with E-state index < -0.39 is 6.10 Å². The quantitative estimate of drug-likeness (QED) is 0.894. The summed E-state index contributed by atoms with van der Waals surface area (Å²) >= 11 is 0. The summed E-state index contributed by atoms with van der Waals surface area (Å²) in [5.41, 5.74) is 1.28. The average Bonchev–Trinajstić information content (AvgIpc) is 2.98. The molecule has 0 saturated carbocycles. The Hall–Kier alpha value is -2.96. The molecule has 0 spiro atoms. The zero-order valence-corrected chi connectivity index (χ0v) is 14.5. The zero-order valence-electron chi connectivity index (χ0n) is 14.5. The fraction of sp³-hybridized carbons (Fsp3) is 0.333. The fourth-order valence-electron chi connectivity index (χ4n) is 2.69. The molecule has 7 nitrogen and oxygen atoms in total. The van der Waals surface area contributed by atoms with Crippen molar-refractivity contribution < 1.29 is 18.7 Å². The molecule has 0 radical (unpaired) electrons. The average molecular weight is 343 g/mol. The second kappa shape index (κ2) is 6.88. The largest absolute Gasteiger partial charge is 0.479 e. The van der Waals surface area contributed by atoms with E-state index in [1.165, 1.54) is 0 Å². The van der Waals surface area contributed by atoms with Crippen LogP contribution in [-0.4, -0.2) is 31.6 Å². The lowest BCUT2D eigenvalue weighted by molar-refractivity contribution is -0.125. The molecule has 0 aliphatic carbocycles. The highest BCUT2D eigenvalue weighted by Crippen LogP contribution is 2.35. The number of aryl methyl sites for hydroxylation is 1. The number of likely N-dealkylation sites (N-methyl/N-ethyl adjacent to an activating group) is 1. The van der Waals surface area contributed by atoms with Gasteiger partial charge in [-0.1, -0.05) is 0 Å². The van der Waals surface area contributed by atoms with Crippen LogP contribution in [0.1, 0.15) is 18.4 Å². The molecule has 0 fully saturated rings. The van der Waals surface area contributed by atoms with E-state index in [1.807, 2.05) is 19.1 Å². The number of furan rings is 1. The number of benzene rings is 1. The Labute approximate surface area is 145 Å². The van der Waals surface area contributed by atoms with Crippen LogP contribution in [0.3, 0.4) is 0 Å². The number of amides is 3. The van der Waals surface area contributed by atoms with E-state index in [2.05, 4.69) is 10.6 Å². The van der Waals surface area contributed by atoms with Crippen LogP contribution in [0.25, 0.3) is 0 Å². The first-order chi connectivity index (χ1) is 11.9. The van der Waals surface area contributed by atoms with Gasteiger partial charge in [-0.05, 0) is 38.1 Å². The first kappa shape index (κ1) is 16.9. The van der Waals surface area contributed by atoms with Crippen molar-refractivity contribution in [2.24, 2.45) is 0 Å². The van der Waals surface area contributed by atoms with Gasteiger partial charge in [0.25, 0.3) is 5.91 Å². The van der Waals surface area contributed by atoms with Crippen LogP contribution in [0.2, 0.25) is 0 Å². The van der Waals surface area contributed by atoms with Crippen LogP contribution in [0.15, 0.2) is 34.7 Å². The number of nitrogens with one attached hydrogen (secondary N) is 2. The number of rotatable bonds is 4. The van der Waals surface area contributed by atoms with E-state index in [4.69, 9.17) is 9.15 Å². The SMILES string of the molecule is Cc1ccc(CCNC(=O)Nc2ccc3c(c2)O[C@H](C)C(=O)N3C)o1. The van der Waals surface area contributed by atoms with E-state index in [9.17, 15) is 9.59 Å². The second-order valence-corrected chi connectivity index (χ2v) is 5.98. The van der Waals surface area contributed by atoms with Crippen LogP contribution >= 0.6 is 0 Å². The molecular weight excluding hydrogens is 322 g/mol. The van der Waals surface area contributed by atoms with Crippen molar-refractivity contribution >= 4 is 23.3 Å². The Morgan fingerprint density at radius 3 is 2.80 bits per heavy atom. The second-order valence-electron chi connectivity index (χ2n) is 5.98. The van der Waals surface area contributed by atoms with Crippen molar-refractivity contribution in [1.29, 1.82) is 0 Å². The summed E-state index contributed by atoms with van der Waals surface area (Å²) in [5.74, 6) is 2.16. The van der Waals surface area contributed by atoms with Gasteiger partial charge in [0.05, 0.1) is 5.69 Å². The van der Waals surface area contributed by atoms with Gasteiger partial charge in [-0.2, -0.15) is 0 Å². The maximum atomic E-state index is 12.0. The molecule has 1 aromatic heterocycles. The number of hydrogen-bond donors (Lipinski definition) is 2. The molecule has 25 heavy (non-hydrogen) atoms. The summed E-state index contributed by atoms with van der Waals surface area (Å²) < 4.78 is 11.1. The van der Waals surface area contributed by atoms with E-state index in [1.54, 1.807) is 37.1 Å². The zero-order chi connectivity index (χ0) is 18.0. The molecule has 0 bridgehead atoms. The van der Waals surface area contributed by atoms with Gasteiger partial charge in [0.15, 0.2) is 6.10 Å². The third kappa shape index (κ3) is 3.76. The lowest BCUT2D eigenvalue weighted by Crippen LogP contribution is -2.42. The monoisotopic (exact) mass is 343 g/mol. The lowest BCUT2D eigenvalue weighted by Gasteiger charge is -2.30. The van der Waals surface area contributed by atoms with Crippen molar-refractivity contribution in [2.45, 2.75) is 26.4 Å². The summed E-state index contributed by atoms with van der Waals surface area (Å²) in [7, 11) is 1.70. The van der Waals surface area contributed by atoms with Gasteiger partial charge in [0.1, 0.15) is 17.3 Å². The summed E-state index contributed by atoms with van der Waals surface area (Å²) in [6.07, 6.45) is 0.0808. The van der Waals surface area contributed by atoms with Crippen molar-refractivity contribution in [1.82, 2.24) is 5.32 Å². The van der Waals surface area contributed by atoms with Crippen molar-refractivity contribution in [3.05, 3.63) is 41.9 Å². The highest BCUT2D eigenvalue weighted by molar-refractivity contribution is 6.00. The number of carbonyl (C=O) groups excluding carboxylic acids is 2. The van der Waals surface area contributed by atoms with Gasteiger partial charge < -0.3 is 24.7 Å². The molecule has 1 aliphatic rings. The van der Waals surface area contributed by atoms with Crippen LogP contribution in [0.5, 0.6) is 5.75 Å². The standard InChI is InChI=1S/C18H21N3O4/c1-11-4-6-14(24-11)8-9-19-18(23)20-13-5-7-15-16(10-13)25-12(2)17(22)21(15)3/h4-7,10,12H,8-9H2,1-3H3,(H2,19,20,23)/t12-/m1/s1. The van der Waals surface area contributed by atoms with Gasteiger partial charge >= 0.3 is 6.03 Å². The third-order valence-electron chi connectivity index (χ3n) is 4.01. The van der Waals surface area contributed by atoms with Crippen LogP contribution in [0.4, 0.5) is 16.2 Å². The molecule has 3 amide bonds. The molecule has 2 N–H and O–H groups in total. The number of hydrogen-bond acceptors (Lipinski definition) is 4. The highest BCUT2D eigenvalue weighted by Gasteiger charge is 2.28. The van der Waals surface area contributed by atoms with Gasteiger partial charge in [-0.25, -0.2) is 4.79 Å². The Kier molecular flexibility index (Phi) is 4.65. The van der Waals surface area contributed by atoms with E-state index in [0.29, 0.717) is 30.1 Å². The molecule has 7 heteroatoms. The minimum absolute atomic E-state index is 0.0980. The molecule has 2 heterocycles. The molecular formula is C18H21N3O4. The normalized spacial score (nSPS) is 16.2. The summed E-state index contributed by atoms with van der Waals surface area (Å²) in [5, 5.41) is 5.54. The molecule has 132 valence electrons. The molecule has 1 aliphatic heterocycles. The maximum absolute atomic E-state index is 12.0. The minimum atomic E-state index is -0.543. The molecule has 1 aromatic carbocycles. The van der Waals surface area contributed by atoms with E-state index in [0.717, 1.165) is 11.5 Å². The van der Waals surface area contributed by atoms with Gasteiger partial charge in [0, 0.05) is 31.8 Å². The molecule has 3 rings (SSSR count). The summed E-state index contributed by atoms with van der Waals surface area (Å²) in [4.78, 5) is 25.5. The number of ether oxygens (including phenoxy) is 1. The van der Waals surface area contributed by atoms with Crippen molar-refractivity contribution in [2.75, 3.05) is 23.8 Å². The smallest absolute Gasteiger partial charge is 0.319 e. The number of urea groups is 1. The first-order valence-corrected chi connectivity index (χ1v) is 8.12. The topological polar surface area (TPSA) is 83.8 Å². The van der Waals surface area contributed by atoms with Gasteiger partial charge in [-0.3, -0.25) is 4.79 Å². The lowest BCUT2D eigenvalue weighted by atomic mass is 10.2. The van der Waals surface area contributed by atoms with Crippen LogP contribution in [0, 0.1) is 6.92 Å². The maximum Gasteiger partial charge on any atom is 0.319 e. The first-order valence-electron chi connectivity index (χ1n) is 8.12. The minimum Gasteiger partial charge on any atom is -0.479 e. The number of carbonyl (C=O) groups is 2. The molecule has 0 unspecified atom stereocenters. The van der Waals surface area contributed by atoms with Crippen molar-refractivity contribution in [3.8, 4) is 5.75 Å². The fourth-order valence-corrected chi connectivity index (χ4v) is 2.69. The summed E-state index contributed by atoms with van der Waals surface area (Å²) in [6, 6.07) is 8.68. The predicted molar refractivity (Wildman–Crippen MR) is 94.1 cm³/mol. The van der Waals surface area contributed by atoms with Gasteiger partial charge in [0.2, 0.25) is 0 Å². The highest BCUT2D eigenvalue weighted by atomic mass is 16.5. The Morgan fingerprint density at radius 1 is 1.28 bits per heavy atom. The number of fused-ring (bicyclic) bond motifs is 1. The van der Waals surface area contributed by atoms with E-state index in [-0.39, 0.29) is 11.9 Å². The van der Waals surface area contributed by atoms with Crippen molar-refractivity contribution in [3.63, 3.8) is 0 Å². The Morgan fingerprint density at radius 2 is 2.08 bits per heavy atom.